The zero-order chi connectivity index (χ0) is 23.6. The quantitative estimate of drug-likeness (QED) is 0.272. The number of hydrogen-bond acceptors (Lipinski definition) is 1. The molecular weight excluding hydrogens is 438 g/mol. The van der Waals surface area contributed by atoms with Crippen molar-refractivity contribution in [2.75, 3.05) is 0 Å². The highest BCUT2D eigenvalue weighted by atomic mass is 16.3. The molecule has 7 aromatic rings. The van der Waals surface area contributed by atoms with Gasteiger partial charge in [-0.05, 0) is 83.8 Å². The number of H-pyrrole nitrogens is 1. The Morgan fingerprint density at radius 3 is 2.11 bits per heavy atom. The minimum atomic E-state index is 0.934. The van der Waals surface area contributed by atoms with Gasteiger partial charge in [0.05, 0.1) is 0 Å². The lowest BCUT2D eigenvalue weighted by molar-refractivity contribution is 0.670. The molecule has 1 N–H and O–H groups in total. The second-order valence-corrected chi connectivity index (χ2v) is 10.1. The Morgan fingerprint density at radius 2 is 1.25 bits per heavy atom. The third-order valence-corrected chi connectivity index (χ3v) is 8.02. The largest absolute Gasteiger partial charge is 0.455 e. The lowest BCUT2D eigenvalue weighted by atomic mass is 9.85. The Kier molecular flexibility index (Phi) is 4.21. The van der Waals surface area contributed by atoms with Crippen LogP contribution >= 0.6 is 0 Å². The van der Waals surface area contributed by atoms with Crippen molar-refractivity contribution >= 4 is 43.7 Å². The molecule has 0 saturated carbocycles. The smallest absolute Gasteiger partial charge is 0.143 e. The predicted molar refractivity (Wildman–Crippen MR) is 151 cm³/mol. The number of aromatic nitrogens is 1. The second-order valence-electron chi connectivity index (χ2n) is 10.1. The molecule has 172 valence electrons. The van der Waals surface area contributed by atoms with Crippen LogP contribution in [0, 0.1) is 0 Å². The normalized spacial score (nSPS) is 13.7. The van der Waals surface area contributed by atoms with E-state index in [4.69, 9.17) is 4.42 Å². The molecule has 0 fully saturated rings. The minimum Gasteiger partial charge on any atom is -0.455 e. The van der Waals surface area contributed by atoms with E-state index in [1.165, 1.54) is 75.0 Å². The topological polar surface area (TPSA) is 28.9 Å². The van der Waals surface area contributed by atoms with Crippen LogP contribution in [0.5, 0.6) is 0 Å². The zero-order valence-electron chi connectivity index (χ0n) is 20.0. The van der Waals surface area contributed by atoms with E-state index in [0.717, 1.165) is 22.2 Å². The highest BCUT2D eigenvalue weighted by Gasteiger charge is 2.16. The molecular formula is C34H25NO. The number of nitrogens with one attached hydrogen (secondary N) is 1. The fourth-order valence-electron chi connectivity index (χ4n) is 6.26. The van der Waals surface area contributed by atoms with Gasteiger partial charge in [0, 0.05) is 38.1 Å². The molecule has 0 atom stereocenters. The summed E-state index contributed by atoms with van der Waals surface area (Å²) in [4.78, 5) is 3.63. The summed E-state index contributed by atoms with van der Waals surface area (Å²) in [7, 11) is 0. The van der Waals surface area contributed by atoms with Gasteiger partial charge in [0.25, 0.3) is 0 Å². The van der Waals surface area contributed by atoms with Crippen LogP contribution in [0.1, 0.15) is 24.0 Å². The maximum absolute atomic E-state index is 6.34. The van der Waals surface area contributed by atoms with Crippen LogP contribution in [0.2, 0.25) is 0 Å². The molecule has 0 bridgehead atoms. The second kappa shape index (κ2) is 7.60. The molecule has 0 aliphatic heterocycles. The highest BCUT2D eigenvalue weighted by molar-refractivity contribution is 6.12. The van der Waals surface area contributed by atoms with Crippen molar-refractivity contribution in [1.29, 1.82) is 0 Å². The lowest BCUT2D eigenvalue weighted by Crippen LogP contribution is -2.04. The standard InChI is InChI=1S/C34H25NO/c1-2-9-24-21(7-1)8-5-11-25(24)22-15-17-31-29(19-22)30-20-23(16-18-32(30)35-31)26-12-6-13-28-27-10-3-4-14-33(27)36-34(26)28/h3-6,8,10-20,35H,1-2,7,9H2. The molecule has 2 nitrogen and oxygen atoms in total. The highest BCUT2D eigenvalue weighted by Crippen LogP contribution is 2.39. The van der Waals surface area contributed by atoms with Crippen molar-refractivity contribution in [2.24, 2.45) is 0 Å². The van der Waals surface area contributed by atoms with Crippen LogP contribution in [-0.2, 0) is 12.8 Å². The van der Waals surface area contributed by atoms with Gasteiger partial charge in [-0.2, -0.15) is 0 Å². The molecule has 2 heteroatoms. The summed E-state index contributed by atoms with van der Waals surface area (Å²) >= 11 is 0. The van der Waals surface area contributed by atoms with E-state index in [9.17, 15) is 0 Å². The number of aromatic amines is 1. The Labute approximate surface area is 209 Å². The van der Waals surface area contributed by atoms with E-state index in [-0.39, 0.29) is 0 Å². The Balaban J connectivity index is 1.33. The molecule has 0 spiro atoms. The SMILES string of the molecule is c1cc2c(c(-c3ccc4[nH]c5ccc(-c6cccc7c6oc6ccccc67)cc5c4c3)c1)CCCC2. The molecule has 8 rings (SSSR count). The van der Waals surface area contributed by atoms with Crippen LogP contribution < -0.4 is 0 Å². The molecule has 0 unspecified atom stereocenters. The van der Waals surface area contributed by atoms with Gasteiger partial charge in [0.2, 0.25) is 0 Å². The van der Waals surface area contributed by atoms with E-state index in [2.05, 4.69) is 89.9 Å². The van der Waals surface area contributed by atoms with Crippen LogP contribution in [0.4, 0.5) is 0 Å². The van der Waals surface area contributed by atoms with Gasteiger partial charge in [0.1, 0.15) is 11.2 Å². The van der Waals surface area contributed by atoms with Crippen molar-refractivity contribution in [3.05, 3.63) is 108 Å². The molecule has 2 aromatic heterocycles. The Morgan fingerprint density at radius 1 is 0.556 bits per heavy atom. The maximum Gasteiger partial charge on any atom is 0.143 e. The first kappa shape index (κ1) is 19.9. The number of aryl methyl sites for hydroxylation is 1. The summed E-state index contributed by atoms with van der Waals surface area (Å²) in [6.45, 7) is 0. The fourth-order valence-corrected chi connectivity index (χ4v) is 6.26. The van der Waals surface area contributed by atoms with Gasteiger partial charge in [-0.15, -0.1) is 0 Å². The summed E-state index contributed by atoms with van der Waals surface area (Å²) in [5.41, 5.74) is 12.3. The monoisotopic (exact) mass is 463 g/mol. The van der Waals surface area contributed by atoms with Gasteiger partial charge in [-0.1, -0.05) is 66.7 Å². The third kappa shape index (κ3) is 2.91. The third-order valence-electron chi connectivity index (χ3n) is 8.02. The molecule has 2 heterocycles. The summed E-state index contributed by atoms with van der Waals surface area (Å²) in [5, 5.41) is 4.86. The number of fused-ring (bicyclic) bond motifs is 7. The van der Waals surface area contributed by atoms with Gasteiger partial charge in [-0.3, -0.25) is 0 Å². The van der Waals surface area contributed by atoms with Crippen molar-refractivity contribution in [3.63, 3.8) is 0 Å². The molecule has 0 radical (unpaired) electrons. The number of benzene rings is 5. The predicted octanol–water partition coefficient (Wildman–Crippen LogP) is 9.43. The summed E-state index contributed by atoms with van der Waals surface area (Å²) in [5.74, 6) is 0. The van der Waals surface area contributed by atoms with E-state index in [1.54, 1.807) is 5.56 Å². The summed E-state index contributed by atoms with van der Waals surface area (Å²) in [6, 6.07) is 35.2. The van der Waals surface area contributed by atoms with E-state index in [1.807, 2.05) is 12.1 Å². The number of furan rings is 1. The first-order valence-corrected chi connectivity index (χ1v) is 12.9. The Bertz CT molecular complexity index is 1950. The molecule has 1 aliphatic carbocycles. The summed E-state index contributed by atoms with van der Waals surface area (Å²) < 4.78 is 6.34. The van der Waals surface area contributed by atoms with E-state index >= 15 is 0 Å². The lowest BCUT2D eigenvalue weighted by Gasteiger charge is -2.19. The first-order valence-electron chi connectivity index (χ1n) is 12.9. The number of hydrogen-bond donors (Lipinski definition) is 1. The van der Waals surface area contributed by atoms with Crippen LogP contribution in [0.15, 0.2) is 101 Å². The number of rotatable bonds is 2. The first-order chi connectivity index (χ1) is 17.8. The van der Waals surface area contributed by atoms with E-state index in [0.29, 0.717) is 0 Å². The molecule has 36 heavy (non-hydrogen) atoms. The summed E-state index contributed by atoms with van der Waals surface area (Å²) in [6.07, 6.45) is 4.98. The van der Waals surface area contributed by atoms with Crippen LogP contribution in [0.3, 0.4) is 0 Å². The molecule has 0 amide bonds. The van der Waals surface area contributed by atoms with Crippen molar-refractivity contribution < 1.29 is 4.42 Å². The van der Waals surface area contributed by atoms with Gasteiger partial charge in [-0.25, -0.2) is 0 Å². The average molecular weight is 464 g/mol. The fraction of sp³-hybridized carbons (Fsp3) is 0.118. The molecule has 1 aliphatic rings. The molecule has 0 saturated heterocycles. The van der Waals surface area contributed by atoms with Gasteiger partial charge < -0.3 is 9.40 Å². The Hall–Kier alpha value is -4.30. The van der Waals surface area contributed by atoms with Gasteiger partial charge >= 0.3 is 0 Å². The van der Waals surface area contributed by atoms with Crippen LogP contribution in [-0.4, -0.2) is 4.98 Å². The van der Waals surface area contributed by atoms with Crippen molar-refractivity contribution in [2.45, 2.75) is 25.7 Å². The minimum absolute atomic E-state index is 0.934. The van der Waals surface area contributed by atoms with E-state index < -0.39 is 0 Å². The van der Waals surface area contributed by atoms with Crippen molar-refractivity contribution in [3.8, 4) is 22.3 Å². The van der Waals surface area contributed by atoms with Gasteiger partial charge in [0.15, 0.2) is 0 Å². The molecule has 5 aromatic carbocycles. The zero-order valence-corrected chi connectivity index (χ0v) is 20.0. The van der Waals surface area contributed by atoms with Crippen molar-refractivity contribution in [1.82, 2.24) is 4.98 Å². The maximum atomic E-state index is 6.34. The average Bonchev–Trinajstić information content (AvgIpc) is 3.50. The number of para-hydroxylation sites is 2. The van der Waals surface area contributed by atoms with Crippen LogP contribution in [0.25, 0.3) is 66.0 Å².